The highest BCUT2D eigenvalue weighted by Crippen LogP contribution is 2.29. The number of anilines is 1. The van der Waals surface area contributed by atoms with Gasteiger partial charge in [0.05, 0.1) is 24.5 Å². The zero-order valence-electron chi connectivity index (χ0n) is 14.9. The van der Waals surface area contributed by atoms with Crippen LogP contribution in [0.25, 0.3) is 27.7 Å². The summed E-state index contributed by atoms with van der Waals surface area (Å²) in [6, 6.07) is 18.4. The third-order valence-corrected chi connectivity index (χ3v) is 4.76. The Balaban J connectivity index is 1.82. The molecule has 2 aromatic carbocycles. The molecule has 0 aliphatic rings. The molecule has 5 heteroatoms. The molecule has 132 valence electrons. The molecule has 0 radical (unpaired) electrons. The Kier molecular flexibility index (Phi) is 4.31. The second kappa shape index (κ2) is 6.77. The molecule has 0 aliphatic heterocycles. The van der Waals surface area contributed by atoms with Crippen LogP contribution in [0.4, 0.5) is 5.82 Å². The van der Waals surface area contributed by atoms with Crippen molar-refractivity contribution in [1.82, 2.24) is 14.6 Å². The number of nitrogens with zero attached hydrogens (tertiary/aromatic N) is 3. The molecule has 0 amide bonds. The number of rotatable bonds is 5. The van der Waals surface area contributed by atoms with E-state index in [-0.39, 0.29) is 12.6 Å². The number of aliphatic hydroxyl groups is 1. The van der Waals surface area contributed by atoms with Crippen molar-refractivity contribution < 1.29 is 5.11 Å². The molecule has 0 saturated carbocycles. The zero-order valence-corrected chi connectivity index (χ0v) is 14.9. The molecule has 2 N–H and O–H groups in total. The fourth-order valence-corrected chi connectivity index (χ4v) is 3.20. The third kappa shape index (κ3) is 2.91. The minimum absolute atomic E-state index is 0.0375. The van der Waals surface area contributed by atoms with Gasteiger partial charge in [0, 0.05) is 5.56 Å². The molecule has 2 heterocycles. The van der Waals surface area contributed by atoms with E-state index in [0.29, 0.717) is 5.92 Å². The van der Waals surface area contributed by atoms with E-state index < -0.39 is 0 Å². The average Bonchev–Trinajstić information content (AvgIpc) is 3.08. The van der Waals surface area contributed by atoms with Crippen molar-refractivity contribution in [3.63, 3.8) is 0 Å². The van der Waals surface area contributed by atoms with E-state index in [1.165, 1.54) is 10.8 Å². The van der Waals surface area contributed by atoms with Crippen LogP contribution in [0.15, 0.2) is 60.8 Å². The van der Waals surface area contributed by atoms with Crippen molar-refractivity contribution in [2.45, 2.75) is 19.9 Å². The van der Waals surface area contributed by atoms with E-state index in [1.54, 1.807) is 0 Å². The standard InChI is InChI=1S/C21H22N4O/c1-14(2)18(13-26)23-20-10-11-21-22-12-19(25(21)24-20)17-9-5-7-15-6-3-4-8-16(15)17/h3-12,14,18,26H,13H2,1-2H3,(H,23,24)/t18-/m1/s1. The van der Waals surface area contributed by atoms with Gasteiger partial charge in [-0.1, -0.05) is 56.3 Å². The summed E-state index contributed by atoms with van der Waals surface area (Å²) in [6.45, 7) is 4.22. The second-order valence-electron chi connectivity index (χ2n) is 6.84. The number of aliphatic hydroxyl groups excluding tert-OH is 1. The number of hydrogen-bond donors (Lipinski definition) is 2. The van der Waals surface area contributed by atoms with E-state index >= 15 is 0 Å². The summed E-state index contributed by atoms with van der Waals surface area (Å²) in [5.41, 5.74) is 2.84. The third-order valence-electron chi connectivity index (χ3n) is 4.76. The molecule has 0 aliphatic carbocycles. The molecule has 5 nitrogen and oxygen atoms in total. The number of fused-ring (bicyclic) bond motifs is 2. The van der Waals surface area contributed by atoms with Gasteiger partial charge in [-0.25, -0.2) is 9.50 Å². The summed E-state index contributed by atoms with van der Waals surface area (Å²) in [4.78, 5) is 4.50. The quantitative estimate of drug-likeness (QED) is 0.574. The van der Waals surface area contributed by atoms with Gasteiger partial charge < -0.3 is 10.4 Å². The number of benzene rings is 2. The predicted molar refractivity (Wildman–Crippen MR) is 105 cm³/mol. The van der Waals surface area contributed by atoms with Crippen LogP contribution in [0.3, 0.4) is 0 Å². The Morgan fingerprint density at radius 2 is 1.85 bits per heavy atom. The van der Waals surface area contributed by atoms with Crippen LogP contribution in [-0.4, -0.2) is 32.4 Å². The molecular weight excluding hydrogens is 324 g/mol. The fourth-order valence-electron chi connectivity index (χ4n) is 3.20. The van der Waals surface area contributed by atoms with Gasteiger partial charge in [-0.2, -0.15) is 0 Å². The average molecular weight is 346 g/mol. The van der Waals surface area contributed by atoms with Gasteiger partial charge in [-0.15, -0.1) is 5.10 Å². The molecule has 26 heavy (non-hydrogen) atoms. The molecule has 0 spiro atoms. The maximum Gasteiger partial charge on any atom is 0.154 e. The SMILES string of the molecule is CC(C)[C@@H](CO)Nc1ccc2ncc(-c3cccc4ccccc34)n2n1. The van der Waals surface area contributed by atoms with Gasteiger partial charge >= 0.3 is 0 Å². The summed E-state index contributed by atoms with van der Waals surface area (Å²) < 4.78 is 1.86. The smallest absolute Gasteiger partial charge is 0.154 e. The van der Waals surface area contributed by atoms with Crippen molar-refractivity contribution in [1.29, 1.82) is 0 Å². The lowest BCUT2D eigenvalue weighted by Gasteiger charge is -2.20. The molecule has 1 atom stereocenters. The summed E-state index contributed by atoms with van der Waals surface area (Å²) >= 11 is 0. The highest BCUT2D eigenvalue weighted by atomic mass is 16.3. The number of hydrogen-bond acceptors (Lipinski definition) is 4. The topological polar surface area (TPSA) is 62.5 Å². The van der Waals surface area contributed by atoms with Gasteiger partial charge in [0.2, 0.25) is 0 Å². The molecule has 0 saturated heterocycles. The second-order valence-corrected chi connectivity index (χ2v) is 6.84. The number of nitrogens with one attached hydrogen (secondary N) is 1. The van der Waals surface area contributed by atoms with Gasteiger partial charge in [0.1, 0.15) is 5.82 Å². The first-order valence-electron chi connectivity index (χ1n) is 8.87. The van der Waals surface area contributed by atoms with Crippen LogP contribution in [0.1, 0.15) is 13.8 Å². The number of imidazole rings is 1. The van der Waals surface area contributed by atoms with Gasteiger partial charge in [0.25, 0.3) is 0 Å². The monoisotopic (exact) mass is 346 g/mol. The molecule has 0 unspecified atom stereocenters. The Bertz CT molecular complexity index is 1050. The van der Waals surface area contributed by atoms with Crippen LogP contribution in [0, 0.1) is 5.92 Å². The fraction of sp³-hybridized carbons (Fsp3) is 0.238. The Hall–Kier alpha value is -2.92. The molecule has 0 bridgehead atoms. The van der Waals surface area contributed by atoms with Crippen LogP contribution in [-0.2, 0) is 0 Å². The first-order chi connectivity index (χ1) is 12.7. The van der Waals surface area contributed by atoms with Crippen molar-refractivity contribution in [2.24, 2.45) is 5.92 Å². The van der Waals surface area contributed by atoms with Crippen LogP contribution in [0.5, 0.6) is 0 Å². The van der Waals surface area contributed by atoms with Crippen molar-refractivity contribution in [2.75, 3.05) is 11.9 Å². The highest BCUT2D eigenvalue weighted by molar-refractivity contribution is 5.96. The summed E-state index contributed by atoms with van der Waals surface area (Å²) in [6.07, 6.45) is 1.86. The predicted octanol–water partition coefficient (Wildman–Crippen LogP) is 3.98. The van der Waals surface area contributed by atoms with E-state index in [2.05, 4.69) is 54.5 Å². The van der Waals surface area contributed by atoms with Crippen LogP contribution < -0.4 is 5.32 Å². The van der Waals surface area contributed by atoms with Crippen molar-refractivity contribution in [3.8, 4) is 11.3 Å². The summed E-state index contributed by atoms with van der Waals surface area (Å²) in [5.74, 6) is 1.03. The molecule has 4 rings (SSSR count). The normalized spacial score (nSPS) is 12.8. The van der Waals surface area contributed by atoms with Crippen LogP contribution in [0.2, 0.25) is 0 Å². The van der Waals surface area contributed by atoms with E-state index in [1.807, 2.05) is 35.0 Å². The maximum absolute atomic E-state index is 9.57. The minimum atomic E-state index is -0.0375. The molecule has 2 aromatic heterocycles. The number of aromatic nitrogens is 3. The van der Waals surface area contributed by atoms with E-state index in [9.17, 15) is 5.11 Å². The maximum atomic E-state index is 9.57. The zero-order chi connectivity index (χ0) is 18.1. The lowest BCUT2D eigenvalue weighted by atomic mass is 10.0. The lowest BCUT2D eigenvalue weighted by Crippen LogP contribution is -2.30. The lowest BCUT2D eigenvalue weighted by molar-refractivity contribution is 0.249. The van der Waals surface area contributed by atoms with Crippen LogP contribution >= 0.6 is 0 Å². The Morgan fingerprint density at radius 1 is 1.04 bits per heavy atom. The molecule has 0 fully saturated rings. The van der Waals surface area contributed by atoms with E-state index in [0.717, 1.165) is 22.7 Å². The highest BCUT2D eigenvalue weighted by Gasteiger charge is 2.14. The van der Waals surface area contributed by atoms with Gasteiger partial charge in [-0.3, -0.25) is 0 Å². The largest absolute Gasteiger partial charge is 0.394 e. The Morgan fingerprint density at radius 3 is 2.65 bits per heavy atom. The minimum Gasteiger partial charge on any atom is -0.394 e. The first-order valence-corrected chi connectivity index (χ1v) is 8.87. The van der Waals surface area contributed by atoms with E-state index in [4.69, 9.17) is 5.10 Å². The summed E-state index contributed by atoms with van der Waals surface area (Å²) in [7, 11) is 0. The first kappa shape index (κ1) is 16.5. The summed E-state index contributed by atoms with van der Waals surface area (Å²) in [5, 5.41) is 20.0. The molecular formula is C21H22N4O. The van der Waals surface area contributed by atoms with Crippen molar-refractivity contribution >= 4 is 22.2 Å². The van der Waals surface area contributed by atoms with Crippen molar-refractivity contribution in [3.05, 3.63) is 60.8 Å². The molecule has 4 aromatic rings. The van der Waals surface area contributed by atoms with Gasteiger partial charge in [0.15, 0.2) is 5.65 Å². The Labute approximate surface area is 152 Å². The van der Waals surface area contributed by atoms with Gasteiger partial charge in [-0.05, 0) is 28.8 Å².